The summed E-state index contributed by atoms with van der Waals surface area (Å²) in [6.45, 7) is 10.7. The van der Waals surface area contributed by atoms with Gasteiger partial charge in [0, 0.05) is 44.0 Å². The van der Waals surface area contributed by atoms with Crippen LogP contribution in [0.25, 0.3) is 0 Å². The molecule has 0 unspecified atom stereocenters. The van der Waals surface area contributed by atoms with Crippen molar-refractivity contribution in [2.75, 3.05) is 26.2 Å². The third-order valence-corrected chi connectivity index (χ3v) is 2.54. The smallest absolute Gasteiger partial charge is 0.268 e. The number of rotatable bonds is 5. The molecule has 1 saturated heterocycles. The van der Waals surface area contributed by atoms with E-state index < -0.39 is 4.92 Å². The summed E-state index contributed by atoms with van der Waals surface area (Å²) >= 11 is 0. The van der Waals surface area contributed by atoms with Gasteiger partial charge in [-0.1, -0.05) is 13.2 Å². The molecule has 5 heteroatoms. The van der Waals surface area contributed by atoms with E-state index in [2.05, 4.69) is 23.4 Å². The second-order valence-corrected chi connectivity index (χ2v) is 3.59. The van der Waals surface area contributed by atoms with E-state index in [4.69, 9.17) is 0 Å². The topological polar surface area (TPSA) is 58.4 Å². The van der Waals surface area contributed by atoms with E-state index in [1.807, 2.05) is 0 Å². The molecule has 0 amide bonds. The van der Waals surface area contributed by atoms with Crippen molar-refractivity contribution in [1.29, 1.82) is 0 Å². The summed E-state index contributed by atoms with van der Waals surface area (Å²) in [5.74, 6) is 0. The zero-order chi connectivity index (χ0) is 12.7. The molecule has 1 rings (SSSR count). The molecule has 0 atom stereocenters. The molecule has 0 bridgehead atoms. The van der Waals surface area contributed by atoms with Gasteiger partial charge in [-0.15, -0.1) is 0 Å². The van der Waals surface area contributed by atoms with Crippen LogP contribution in [0, 0.1) is 10.1 Å². The van der Waals surface area contributed by atoms with Crippen molar-refractivity contribution >= 4 is 0 Å². The van der Waals surface area contributed by atoms with Crippen molar-refractivity contribution in [3.05, 3.63) is 59.0 Å². The highest BCUT2D eigenvalue weighted by atomic mass is 16.6. The number of hydrogen-bond donors (Lipinski definition) is 1. The van der Waals surface area contributed by atoms with E-state index in [9.17, 15) is 10.1 Å². The normalized spacial score (nSPS) is 17.8. The zero-order valence-corrected chi connectivity index (χ0v) is 9.76. The molecule has 1 fully saturated rings. The van der Waals surface area contributed by atoms with Crippen LogP contribution in [-0.4, -0.2) is 36.0 Å². The quantitative estimate of drug-likeness (QED) is 0.443. The SMILES string of the molecule is C=C/C(=C\C=C(/C=C)[N+](=O)[O-])N1CCNCC1. The second kappa shape index (κ2) is 6.65. The van der Waals surface area contributed by atoms with Crippen molar-refractivity contribution < 1.29 is 4.92 Å². The van der Waals surface area contributed by atoms with Gasteiger partial charge in [0.1, 0.15) is 0 Å². The van der Waals surface area contributed by atoms with Gasteiger partial charge in [-0.2, -0.15) is 0 Å². The zero-order valence-electron chi connectivity index (χ0n) is 9.76. The summed E-state index contributed by atoms with van der Waals surface area (Å²) in [4.78, 5) is 12.3. The minimum absolute atomic E-state index is 0.0144. The van der Waals surface area contributed by atoms with Crippen LogP contribution in [0.15, 0.2) is 48.9 Å². The van der Waals surface area contributed by atoms with Crippen molar-refractivity contribution in [2.45, 2.75) is 0 Å². The molecule has 92 valence electrons. The van der Waals surface area contributed by atoms with Gasteiger partial charge in [0.2, 0.25) is 0 Å². The van der Waals surface area contributed by atoms with Gasteiger partial charge in [-0.3, -0.25) is 10.1 Å². The predicted molar refractivity (Wildman–Crippen MR) is 68.0 cm³/mol. The van der Waals surface area contributed by atoms with Crippen LogP contribution in [0.5, 0.6) is 0 Å². The lowest BCUT2D eigenvalue weighted by atomic mass is 10.2. The standard InChI is InChI=1S/C12H17N3O2/c1-3-11(14-9-7-13-8-10-14)5-6-12(4-2)15(16)17/h3-6,13H,1-2,7-10H2/b11-5+,12-6+. The molecule has 0 aromatic carbocycles. The molecular weight excluding hydrogens is 218 g/mol. The number of nitro groups is 1. The first kappa shape index (κ1) is 13.2. The minimum Gasteiger partial charge on any atom is -0.369 e. The van der Waals surface area contributed by atoms with Gasteiger partial charge >= 0.3 is 0 Å². The summed E-state index contributed by atoms with van der Waals surface area (Å²) < 4.78 is 0. The Balaban J connectivity index is 2.81. The largest absolute Gasteiger partial charge is 0.369 e. The first-order chi connectivity index (χ1) is 8.19. The third-order valence-electron chi connectivity index (χ3n) is 2.54. The predicted octanol–water partition coefficient (Wildman–Crippen LogP) is 1.31. The fourth-order valence-electron chi connectivity index (χ4n) is 1.60. The molecule has 0 aliphatic carbocycles. The summed E-state index contributed by atoms with van der Waals surface area (Å²) in [7, 11) is 0. The van der Waals surface area contributed by atoms with Crippen molar-refractivity contribution in [3.8, 4) is 0 Å². The molecular formula is C12H17N3O2. The van der Waals surface area contributed by atoms with Gasteiger partial charge in [0.05, 0.1) is 4.92 Å². The Bertz CT molecular complexity index is 366. The van der Waals surface area contributed by atoms with Gasteiger partial charge in [-0.25, -0.2) is 0 Å². The Labute approximate surface area is 101 Å². The first-order valence-electron chi connectivity index (χ1n) is 5.46. The summed E-state index contributed by atoms with van der Waals surface area (Å²) in [5.41, 5.74) is 0.882. The molecule has 17 heavy (non-hydrogen) atoms. The minimum atomic E-state index is -0.456. The van der Waals surface area contributed by atoms with Gasteiger partial charge in [0.15, 0.2) is 0 Å². The van der Waals surface area contributed by atoms with E-state index in [1.165, 1.54) is 12.2 Å². The lowest BCUT2D eigenvalue weighted by Crippen LogP contribution is -2.42. The van der Waals surface area contributed by atoms with Crippen LogP contribution in [0.1, 0.15) is 0 Å². The number of allylic oxidation sites excluding steroid dienone is 4. The van der Waals surface area contributed by atoms with Gasteiger partial charge in [0.25, 0.3) is 5.70 Å². The number of nitrogens with zero attached hydrogens (tertiary/aromatic N) is 2. The summed E-state index contributed by atoms with van der Waals surface area (Å²) in [5, 5.41) is 13.8. The maximum Gasteiger partial charge on any atom is 0.268 e. The maximum absolute atomic E-state index is 10.6. The number of hydrogen-bond acceptors (Lipinski definition) is 4. The fraction of sp³-hybridized carbons (Fsp3) is 0.333. The van der Waals surface area contributed by atoms with E-state index in [0.29, 0.717) is 0 Å². The molecule has 0 aromatic heterocycles. The Hall–Kier alpha value is -1.88. The van der Waals surface area contributed by atoms with Gasteiger partial charge < -0.3 is 10.2 Å². The highest BCUT2D eigenvalue weighted by Gasteiger charge is 2.10. The number of nitrogens with one attached hydrogen (secondary N) is 1. The van der Waals surface area contributed by atoms with Gasteiger partial charge in [-0.05, 0) is 12.2 Å². The van der Waals surface area contributed by atoms with Crippen LogP contribution in [0.3, 0.4) is 0 Å². The fourth-order valence-corrected chi connectivity index (χ4v) is 1.60. The Morgan fingerprint density at radius 1 is 1.24 bits per heavy atom. The lowest BCUT2D eigenvalue weighted by Gasteiger charge is -2.30. The Morgan fingerprint density at radius 2 is 1.88 bits per heavy atom. The molecule has 0 aromatic rings. The van der Waals surface area contributed by atoms with E-state index in [-0.39, 0.29) is 5.70 Å². The highest BCUT2D eigenvalue weighted by Crippen LogP contribution is 2.08. The molecule has 1 aliphatic heterocycles. The van der Waals surface area contributed by atoms with Crippen molar-refractivity contribution in [1.82, 2.24) is 10.2 Å². The van der Waals surface area contributed by atoms with E-state index in [1.54, 1.807) is 12.2 Å². The second-order valence-electron chi connectivity index (χ2n) is 3.59. The maximum atomic E-state index is 10.6. The summed E-state index contributed by atoms with van der Waals surface area (Å²) in [6.07, 6.45) is 6.10. The molecule has 1 heterocycles. The summed E-state index contributed by atoms with van der Waals surface area (Å²) in [6, 6.07) is 0. The van der Waals surface area contributed by atoms with E-state index in [0.717, 1.165) is 31.9 Å². The highest BCUT2D eigenvalue weighted by molar-refractivity contribution is 5.25. The average molecular weight is 235 g/mol. The van der Waals surface area contributed by atoms with Crippen LogP contribution >= 0.6 is 0 Å². The molecule has 0 spiro atoms. The third kappa shape index (κ3) is 3.88. The first-order valence-corrected chi connectivity index (χ1v) is 5.46. The van der Waals surface area contributed by atoms with Crippen LogP contribution in [-0.2, 0) is 0 Å². The van der Waals surface area contributed by atoms with Crippen molar-refractivity contribution in [3.63, 3.8) is 0 Å². The van der Waals surface area contributed by atoms with Crippen molar-refractivity contribution in [2.24, 2.45) is 0 Å². The molecule has 1 aliphatic rings. The number of piperazine rings is 1. The molecule has 0 saturated carbocycles. The molecule has 0 radical (unpaired) electrons. The Kier molecular flexibility index (Phi) is 5.16. The molecule has 5 nitrogen and oxygen atoms in total. The Morgan fingerprint density at radius 3 is 2.35 bits per heavy atom. The monoisotopic (exact) mass is 235 g/mol. The molecule has 1 N–H and O–H groups in total. The van der Waals surface area contributed by atoms with Crippen LogP contribution in [0.2, 0.25) is 0 Å². The van der Waals surface area contributed by atoms with Crippen LogP contribution < -0.4 is 5.32 Å². The lowest BCUT2D eigenvalue weighted by molar-refractivity contribution is -0.418. The van der Waals surface area contributed by atoms with E-state index >= 15 is 0 Å². The average Bonchev–Trinajstić information content (AvgIpc) is 2.35. The van der Waals surface area contributed by atoms with Crippen LogP contribution in [0.4, 0.5) is 0 Å².